The number of amides is 1. The molecule has 3 aromatic rings. The highest BCUT2D eigenvalue weighted by molar-refractivity contribution is 6.03. The normalized spacial score (nSPS) is 10.2. The molecule has 3 rings (SSSR count). The van der Waals surface area contributed by atoms with Crippen molar-refractivity contribution in [2.24, 2.45) is 0 Å². The largest absolute Gasteiger partial charge is 0.489 e. The maximum atomic E-state index is 12.4. The molecule has 0 unspecified atom stereocenters. The molecular formula is C21H19N5O2. The van der Waals surface area contributed by atoms with E-state index in [1.807, 2.05) is 44.2 Å². The van der Waals surface area contributed by atoms with Gasteiger partial charge in [-0.25, -0.2) is 9.97 Å². The van der Waals surface area contributed by atoms with Gasteiger partial charge in [0.25, 0.3) is 5.91 Å². The molecule has 2 aromatic carbocycles. The number of aromatic nitrogens is 2. The van der Waals surface area contributed by atoms with E-state index in [0.29, 0.717) is 22.8 Å². The summed E-state index contributed by atoms with van der Waals surface area (Å²) in [5.74, 6) is 0.744. The third-order valence-electron chi connectivity index (χ3n) is 3.69. The quantitative estimate of drug-likeness (QED) is 0.674. The van der Waals surface area contributed by atoms with Gasteiger partial charge in [-0.15, -0.1) is 0 Å². The third-order valence-corrected chi connectivity index (χ3v) is 3.69. The van der Waals surface area contributed by atoms with Crippen LogP contribution in [-0.4, -0.2) is 22.0 Å². The highest BCUT2D eigenvalue weighted by atomic mass is 16.5. The van der Waals surface area contributed by atoms with Crippen molar-refractivity contribution in [1.82, 2.24) is 9.97 Å². The number of nitriles is 1. The Bertz CT molecular complexity index is 1010. The molecule has 1 heterocycles. The Balaban J connectivity index is 1.72. The monoisotopic (exact) mass is 373 g/mol. The fourth-order valence-electron chi connectivity index (χ4n) is 2.45. The average molecular weight is 373 g/mol. The Morgan fingerprint density at radius 3 is 2.43 bits per heavy atom. The van der Waals surface area contributed by atoms with Crippen molar-refractivity contribution < 1.29 is 9.53 Å². The molecule has 0 saturated carbocycles. The summed E-state index contributed by atoms with van der Waals surface area (Å²) in [6.45, 7) is 3.91. The number of rotatable bonds is 6. The van der Waals surface area contributed by atoms with Crippen LogP contribution in [0.4, 0.5) is 17.2 Å². The minimum atomic E-state index is -0.440. The van der Waals surface area contributed by atoms with E-state index in [9.17, 15) is 4.79 Å². The summed E-state index contributed by atoms with van der Waals surface area (Å²) in [5, 5.41) is 14.9. The van der Waals surface area contributed by atoms with Gasteiger partial charge in [0.2, 0.25) is 0 Å². The second-order valence-electron chi connectivity index (χ2n) is 6.19. The standard InChI is InChI=1S/C21H19N5O2/c1-14(2)28-19-10-6-5-9-17(19)25-20-13-23-18(12-24-20)21(27)26-16-8-4-3-7-15(16)11-22/h3-10,12-14H,1-2H3,(H,24,25)(H,26,27). The van der Waals surface area contributed by atoms with Gasteiger partial charge in [0.05, 0.1) is 35.4 Å². The minimum Gasteiger partial charge on any atom is -0.489 e. The molecule has 0 radical (unpaired) electrons. The summed E-state index contributed by atoms with van der Waals surface area (Å²) in [5.41, 5.74) is 1.71. The van der Waals surface area contributed by atoms with Gasteiger partial charge in [-0.1, -0.05) is 24.3 Å². The first-order valence-corrected chi connectivity index (χ1v) is 8.72. The molecule has 7 heteroatoms. The van der Waals surface area contributed by atoms with E-state index in [4.69, 9.17) is 10.00 Å². The van der Waals surface area contributed by atoms with Gasteiger partial charge in [0.15, 0.2) is 0 Å². The van der Waals surface area contributed by atoms with Crippen LogP contribution in [0, 0.1) is 11.3 Å². The molecule has 0 saturated heterocycles. The van der Waals surface area contributed by atoms with Gasteiger partial charge in [-0.3, -0.25) is 4.79 Å². The number of carbonyl (C=O) groups is 1. The lowest BCUT2D eigenvalue weighted by Crippen LogP contribution is -2.15. The van der Waals surface area contributed by atoms with E-state index < -0.39 is 5.91 Å². The number of nitrogens with zero attached hydrogens (tertiary/aromatic N) is 3. The first kappa shape index (κ1) is 18.9. The number of carbonyl (C=O) groups excluding carboxylic acids is 1. The molecule has 0 atom stereocenters. The van der Waals surface area contributed by atoms with Crippen molar-refractivity contribution in [1.29, 1.82) is 5.26 Å². The van der Waals surface area contributed by atoms with Crippen LogP contribution < -0.4 is 15.4 Å². The van der Waals surface area contributed by atoms with Crippen LogP contribution in [-0.2, 0) is 0 Å². The predicted octanol–water partition coefficient (Wildman–Crippen LogP) is 4.13. The Labute approximate surface area is 163 Å². The highest BCUT2D eigenvalue weighted by Crippen LogP contribution is 2.27. The van der Waals surface area contributed by atoms with Gasteiger partial charge >= 0.3 is 0 Å². The molecule has 7 nitrogen and oxygen atoms in total. The van der Waals surface area contributed by atoms with E-state index in [1.54, 1.807) is 24.3 Å². The van der Waals surface area contributed by atoms with E-state index in [1.165, 1.54) is 12.4 Å². The summed E-state index contributed by atoms with van der Waals surface area (Å²) in [7, 11) is 0. The molecule has 0 aliphatic rings. The van der Waals surface area contributed by atoms with Crippen molar-refractivity contribution in [2.75, 3.05) is 10.6 Å². The maximum absolute atomic E-state index is 12.4. The number of anilines is 3. The number of hydrogen-bond donors (Lipinski definition) is 2. The Kier molecular flexibility index (Phi) is 5.82. The number of hydrogen-bond acceptors (Lipinski definition) is 6. The van der Waals surface area contributed by atoms with Crippen LogP contribution in [0.3, 0.4) is 0 Å². The zero-order valence-electron chi connectivity index (χ0n) is 15.5. The lowest BCUT2D eigenvalue weighted by Gasteiger charge is -2.15. The molecule has 28 heavy (non-hydrogen) atoms. The van der Waals surface area contributed by atoms with Gasteiger partial charge in [-0.2, -0.15) is 5.26 Å². The lowest BCUT2D eigenvalue weighted by molar-refractivity contribution is 0.102. The predicted molar refractivity (Wildman–Crippen MR) is 107 cm³/mol. The smallest absolute Gasteiger partial charge is 0.275 e. The van der Waals surface area contributed by atoms with Crippen LogP contribution >= 0.6 is 0 Å². The Morgan fingerprint density at radius 1 is 1.04 bits per heavy atom. The van der Waals surface area contributed by atoms with Gasteiger partial charge in [-0.05, 0) is 38.1 Å². The Hall–Kier alpha value is -3.92. The molecule has 0 aliphatic heterocycles. The number of ether oxygens (including phenoxy) is 1. The number of para-hydroxylation sites is 3. The van der Waals surface area contributed by atoms with Crippen LogP contribution in [0.25, 0.3) is 0 Å². The Morgan fingerprint density at radius 2 is 1.75 bits per heavy atom. The molecular weight excluding hydrogens is 354 g/mol. The second-order valence-corrected chi connectivity index (χ2v) is 6.19. The van der Waals surface area contributed by atoms with Crippen molar-refractivity contribution in [3.05, 3.63) is 72.2 Å². The van der Waals surface area contributed by atoms with Gasteiger partial charge < -0.3 is 15.4 Å². The van der Waals surface area contributed by atoms with Crippen molar-refractivity contribution in [3.63, 3.8) is 0 Å². The van der Waals surface area contributed by atoms with Gasteiger partial charge in [0, 0.05) is 0 Å². The van der Waals surface area contributed by atoms with Gasteiger partial charge in [0.1, 0.15) is 23.3 Å². The van der Waals surface area contributed by atoms with E-state index in [2.05, 4.69) is 20.6 Å². The molecule has 0 bridgehead atoms. The highest BCUT2D eigenvalue weighted by Gasteiger charge is 2.12. The molecule has 1 aromatic heterocycles. The zero-order valence-corrected chi connectivity index (χ0v) is 15.5. The molecule has 0 aliphatic carbocycles. The van der Waals surface area contributed by atoms with Crippen molar-refractivity contribution in [3.8, 4) is 11.8 Å². The van der Waals surface area contributed by atoms with Crippen LogP contribution in [0.1, 0.15) is 29.9 Å². The van der Waals surface area contributed by atoms with Crippen LogP contribution in [0.5, 0.6) is 5.75 Å². The third kappa shape index (κ3) is 4.62. The molecule has 0 fully saturated rings. The summed E-state index contributed by atoms with van der Waals surface area (Å²) in [6.07, 6.45) is 2.88. The SMILES string of the molecule is CC(C)Oc1ccccc1Nc1cnc(C(=O)Nc2ccccc2C#N)cn1. The summed E-state index contributed by atoms with van der Waals surface area (Å²) in [4.78, 5) is 20.8. The van der Waals surface area contributed by atoms with Crippen molar-refractivity contribution in [2.45, 2.75) is 20.0 Å². The van der Waals surface area contributed by atoms with Crippen molar-refractivity contribution >= 4 is 23.1 Å². The number of nitrogens with one attached hydrogen (secondary N) is 2. The zero-order chi connectivity index (χ0) is 19.9. The fourth-order valence-corrected chi connectivity index (χ4v) is 2.45. The molecule has 1 amide bonds. The first-order valence-electron chi connectivity index (χ1n) is 8.72. The maximum Gasteiger partial charge on any atom is 0.275 e. The summed E-state index contributed by atoms with van der Waals surface area (Å²) < 4.78 is 5.77. The molecule has 140 valence electrons. The van der Waals surface area contributed by atoms with E-state index in [0.717, 1.165) is 5.69 Å². The van der Waals surface area contributed by atoms with Crippen LogP contribution in [0.15, 0.2) is 60.9 Å². The van der Waals surface area contributed by atoms with E-state index >= 15 is 0 Å². The average Bonchev–Trinajstić information content (AvgIpc) is 2.70. The second kappa shape index (κ2) is 8.64. The lowest BCUT2D eigenvalue weighted by atomic mass is 10.2. The first-order chi connectivity index (χ1) is 13.6. The molecule has 0 spiro atoms. The van der Waals surface area contributed by atoms with E-state index in [-0.39, 0.29) is 11.8 Å². The topological polar surface area (TPSA) is 99.9 Å². The molecule has 2 N–H and O–H groups in total. The number of benzene rings is 2. The fraction of sp³-hybridized carbons (Fsp3) is 0.143. The summed E-state index contributed by atoms with van der Waals surface area (Å²) in [6, 6.07) is 16.3. The summed E-state index contributed by atoms with van der Waals surface area (Å²) >= 11 is 0. The van der Waals surface area contributed by atoms with Crippen LogP contribution in [0.2, 0.25) is 0 Å². The minimum absolute atomic E-state index is 0.0383.